The lowest BCUT2D eigenvalue weighted by molar-refractivity contribution is -0.143. The number of hydrogen-bond donors (Lipinski definition) is 3. The molecule has 0 aliphatic heterocycles. The van der Waals surface area contributed by atoms with E-state index in [4.69, 9.17) is 15.3 Å². The minimum absolute atomic E-state index is 0.0743. The third-order valence-corrected chi connectivity index (χ3v) is 4.01. The Morgan fingerprint density at radius 1 is 0.667 bits per heavy atom. The second-order valence-electron chi connectivity index (χ2n) is 6.66. The number of nitrogens with zero attached hydrogens (tertiary/aromatic N) is 3. The molecule has 0 saturated heterocycles. The Morgan fingerprint density at radius 2 is 1.04 bits per heavy atom. The molecule has 0 atom stereocenters. The maximum atomic E-state index is 11.9. The lowest BCUT2D eigenvalue weighted by atomic mass is 10.1. The molecule has 10 nitrogen and oxygen atoms in total. The zero-order valence-corrected chi connectivity index (χ0v) is 16.3. The fourth-order valence-corrected chi connectivity index (χ4v) is 2.38. The first-order valence-corrected chi connectivity index (χ1v) is 8.90. The molecule has 0 rings (SSSR count). The molecule has 0 aromatic rings. The predicted molar refractivity (Wildman–Crippen MR) is 97.7 cm³/mol. The van der Waals surface area contributed by atoms with Gasteiger partial charge in [-0.3, -0.25) is 33.9 Å². The van der Waals surface area contributed by atoms with E-state index in [9.17, 15) is 19.2 Å². The Hall–Kier alpha value is -2.04. The molecule has 0 amide bonds. The van der Waals surface area contributed by atoms with Gasteiger partial charge < -0.3 is 15.3 Å². The van der Waals surface area contributed by atoms with E-state index in [2.05, 4.69) is 0 Å². The second-order valence-corrected chi connectivity index (χ2v) is 6.66. The van der Waals surface area contributed by atoms with Gasteiger partial charge >= 0.3 is 17.9 Å². The van der Waals surface area contributed by atoms with Crippen LogP contribution in [0.25, 0.3) is 0 Å². The first kappa shape index (κ1) is 25.0. The molecule has 0 heterocycles. The molecule has 0 aromatic carbocycles. The summed E-state index contributed by atoms with van der Waals surface area (Å²) >= 11 is 0. The van der Waals surface area contributed by atoms with Crippen molar-refractivity contribution in [3.63, 3.8) is 0 Å². The molecule has 0 fully saturated rings. The van der Waals surface area contributed by atoms with Gasteiger partial charge in [-0.25, -0.2) is 0 Å². The van der Waals surface area contributed by atoms with Crippen molar-refractivity contribution in [2.24, 2.45) is 5.92 Å². The Morgan fingerprint density at radius 3 is 1.41 bits per heavy atom. The van der Waals surface area contributed by atoms with Crippen LogP contribution in [0, 0.1) is 5.92 Å². The minimum Gasteiger partial charge on any atom is -0.480 e. The summed E-state index contributed by atoms with van der Waals surface area (Å²) in [5, 5.41) is 26.8. The lowest BCUT2D eigenvalue weighted by Crippen LogP contribution is -2.44. The van der Waals surface area contributed by atoms with Crippen LogP contribution in [0.4, 0.5) is 0 Å². The molecule has 0 bridgehead atoms. The largest absolute Gasteiger partial charge is 0.480 e. The van der Waals surface area contributed by atoms with Crippen LogP contribution in [0.5, 0.6) is 0 Å². The molecule has 0 aromatic heterocycles. The molecule has 0 saturated carbocycles. The van der Waals surface area contributed by atoms with E-state index >= 15 is 0 Å². The molecular weight excluding hydrogens is 358 g/mol. The molecule has 0 radical (unpaired) electrons. The van der Waals surface area contributed by atoms with Gasteiger partial charge in [-0.1, -0.05) is 20.8 Å². The van der Waals surface area contributed by atoms with Gasteiger partial charge in [0.25, 0.3) is 0 Å². The van der Waals surface area contributed by atoms with Crippen LogP contribution in [0.15, 0.2) is 0 Å². The summed E-state index contributed by atoms with van der Waals surface area (Å²) < 4.78 is 0. The van der Waals surface area contributed by atoms with Crippen molar-refractivity contribution >= 4 is 23.7 Å². The van der Waals surface area contributed by atoms with Gasteiger partial charge in [-0.2, -0.15) is 0 Å². The van der Waals surface area contributed by atoms with Crippen molar-refractivity contribution < 1.29 is 34.5 Å². The highest BCUT2D eigenvalue weighted by atomic mass is 16.4. The summed E-state index contributed by atoms with van der Waals surface area (Å²) in [5.74, 6) is -3.29. The third-order valence-electron chi connectivity index (χ3n) is 4.01. The molecule has 0 spiro atoms. The van der Waals surface area contributed by atoms with Crippen LogP contribution in [0.1, 0.15) is 20.8 Å². The van der Waals surface area contributed by atoms with Crippen LogP contribution in [-0.4, -0.2) is 113 Å². The number of carbonyl (C=O) groups is 4. The highest BCUT2D eigenvalue weighted by Crippen LogP contribution is 2.00. The van der Waals surface area contributed by atoms with E-state index in [1.54, 1.807) is 4.90 Å². The van der Waals surface area contributed by atoms with Crippen molar-refractivity contribution in [1.82, 2.24) is 14.7 Å². The smallest absolute Gasteiger partial charge is 0.317 e. The van der Waals surface area contributed by atoms with E-state index in [0.29, 0.717) is 26.2 Å². The number of hydrogen-bond acceptors (Lipinski definition) is 7. The summed E-state index contributed by atoms with van der Waals surface area (Å²) in [5.41, 5.74) is 0. The van der Waals surface area contributed by atoms with Gasteiger partial charge in [-0.15, -0.1) is 0 Å². The Labute approximate surface area is 159 Å². The van der Waals surface area contributed by atoms with Crippen molar-refractivity contribution in [3.05, 3.63) is 0 Å². The van der Waals surface area contributed by atoms with Crippen LogP contribution in [0.3, 0.4) is 0 Å². The molecule has 0 aliphatic carbocycles. The number of likely N-dealkylation sites (N-methyl/N-ethyl adjacent to an activating group) is 1. The highest BCUT2D eigenvalue weighted by Gasteiger charge is 2.18. The molecule has 0 unspecified atom stereocenters. The number of carbonyl (C=O) groups excluding carboxylic acids is 1. The Kier molecular flexibility index (Phi) is 12.2. The van der Waals surface area contributed by atoms with E-state index in [1.165, 1.54) is 4.90 Å². The molecule has 27 heavy (non-hydrogen) atoms. The van der Waals surface area contributed by atoms with Gasteiger partial charge in [0.05, 0.1) is 26.2 Å². The number of Topliss-reactive ketones (excluding diaryl/α,β-unsaturated/α-hetero) is 1. The third kappa shape index (κ3) is 12.9. The van der Waals surface area contributed by atoms with Gasteiger partial charge in [-0.05, 0) is 6.54 Å². The van der Waals surface area contributed by atoms with Crippen molar-refractivity contribution in [2.75, 3.05) is 58.9 Å². The van der Waals surface area contributed by atoms with Gasteiger partial charge in [0.1, 0.15) is 5.78 Å². The quantitative estimate of drug-likeness (QED) is 0.313. The maximum Gasteiger partial charge on any atom is 0.317 e. The Balaban J connectivity index is 4.75. The highest BCUT2D eigenvalue weighted by molar-refractivity contribution is 5.82. The number of aliphatic carboxylic acids is 3. The van der Waals surface area contributed by atoms with Crippen molar-refractivity contribution in [2.45, 2.75) is 20.8 Å². The number of rotatable bonds is 16. The van der Waals surface area contributed by atoms with Crippen molar-refractivity contribution in [1.29, 1.82) is 0 Å². The van der Waals surface area contributed by atoms with E-state index < -0.39 is 31.0 Å². The molecular formula is C17H31N3O7. The zero-order chi connectivity index (χ0) is 21.0. The van der Waals surface area contributed by atoms with Crippen LogP contribution < -0.4 is 0 Å². The van der Waals surface area contributed by atoms with Gasteiger partial charge in [0.15, 0.2) is 0 Å². The summed E-state index contributed by atoms with van der Waals surface area (Å²) in [6.07, 6.45) is 0. The second kappa shape index (κ2) is 13.2. The monoisotopic (exact) mass is 389 g/mol. The Bertz CT molecular complexity index is 495. The number of carboxylic acid groups (broad SMARTS) is 3. The van der Waals surface area contributed by atoms with E-state index in [1.807, 2.05) is 25.7 Å². The van der Waals surface area contributed by atoms with Crippen LogP contribution in [-0.2, 0) is 19.2 Å². The standard InChI is InChI=1S/C17H31N3O7/c1-4-18(9-14(21)13(2)3)5-6-19(10-15(22)23)7-8-20(11-16(24)25)12-17(26)27/h13H,4-12H2,1-3H3,(H,22,23)(H,24,25)(H,26,27). The minimum atomic E-state index is -1.15. The summed E-state index contributed by atoms with van der Waals surface area (Å²) in [7, 11) is 0. The maximum absolute atomic E-state index is 11.9. The zero-order valence-electron chi connectivity index (χ0n) is 16.3. The normalized spacial score (nSPS) is 11.5. The average Bonchev–Trinajstić information content (AvgIpc) is 2.53. The number of ketones is 1. The van der Waals surface area contributed by atoms with Crippen LogP contribution in [0.2, 0.25) is 0 Å². The topological polar surface area (TPSA) is 139 Å². The summed E-state index contributed by atoms with van der Waals surface area (Å²) in [6, 6.07) is 0. The first-order valence-electron chi connectivity index (χ1n) is 8.90. The van der Waals surface area contributed by atoms with Gasteiger partial charge in [0.2, 0.25) is 0 Å². The SMILES string of the molecule is CCN(CCN(CCN(CC(=O)O)CC(=O)O)CC(=O)O)CC(=O)C(C)C. The number of carboxylic acids is 3. The molecule has 3 N–H and O–H groups in total. The summed E-state index contributed by atoms with van der Waals surface area (Å²) in [6.45, 7) is 6.57. The average molecular weight is 389 g/mol. The van der Waals surface area contributed by atoms with Gasteiger partial charge in [0, 0.05) is 32.1 Å². The van der Waals surface area contributed by atoms with Crippen LogP contribution >= 0.6 is 0 Å². The molecule has 10 heteroatoms. The molecule has 156 valence electrons. The van der Waals surface area contributed by atoms with Crippen molar-refractivity contribution in [3.8, 4) is 0 Å². The fourth-order valence-electron chi connectivity index (χ4n) is 2.38. The van der Waals surface area contributed by atoms with E-state index in [-0.39, 0.29) is 31.3 Å². The lowest BCUT2D eigenvalue weighted by Gasteiger charge is -2.28. The first-order chi connectivity index (χ1) is 12.5. The fraction of sp³-hybridized carbons (Fsp3) is 0.765. The predicted octanol–water partition coefficient (Wildman–Crippen LogP) is -0.609. The molecule has 0 aliphatic rings. The summed E-state index contributed by atoms with van der Waals surface area (Å²) in [4.78, 5) is 49.4. The van der Waals surface area contributed by atoms with E-state index in [0.717, 1.165) is 0 Å².